The zero-order valence-corrected chi connectivity index (χ0v) is 12.7. The average Bonchev–Trinajstić information content (AvgIpc) is 2.58. The van der Waals surface area contributed by atoms with E-state index in [2.05, 4.69) is 10.9 Å². The van der Waals surface area contributed by atoms with Crippen molar-refractivity contribution in [2.24, 2.45) is 0 Å². The van der Waals surface area contributed by atoms with E-state index in [1.807, 2.05) is 39.8 Å². The average molecular weight is 273 g/mol. The number of ether oxygens (including phenoxy) is 1. The Kier molecular flexibility index (Phi) is 3.81. The Bertz CT molecular complexity index is 533. The third kappa shape index (κ3) is 2.67. The predicted octanol–water partition coefficient (Wildman–Crippen LogP) is 1.57. The van der Waals surface area contributed by atoms with Crippen molar-refractivity contribution in [3.63, 3.8) is 0 Å². The largest absolute Gasteiger partial charge is 0.514 e. The van der Waals surface area contributed by atoms with Crippen LogP contribution in [0.3, 0.4) is 0 Å². The van der Waals surface area contributed by atoms with Crippen molar-refractivity contribution >= 4 is 12.7 Å². The van der Waals surface area contributed by atoms with Gasteiger partial charge in [-0.1, -0.05) is 0 Å². The molecule has 1 aromatic heterocycles. The first-order valence-corrected chi connectivity index (χ1v) is 6.63. The molecule has 1 fully saturated rings. The van der Waals surface area contributed by atoms with Gasteiger partial charge in [-0.2, -0.15) is 0 Å². The molecule has 1 saturated heterocycles. The van der Waals surface area contributed by atoms with E-state index < -0.39 is 18.3 Å². The summed E-state index contributed by atoms with van der Waals surface area (Å²) in [7, 11) is 1.07. The first-order valence-electron chi connectivity index (χ1n) is 6.63. The van der Waals surface area contributed by atoms with Crippen LogP contribution in [-0.2, 0) is 15.7 Å². The molecule has 0 radical (unpaired) electrons. The molecule has 1 aliphatic rings. The molecule has 0 aliphatic carbocycles. The van der Waals surface area contributed by atoms with Crippen LogP contribution in [0.15, 0.2) is 12.1 Å². The first-order chi connectivity index (χ1) is 9.29. The number of aromatic nitrogens is 1. The fourth-order valence-corrected chi connectivity index (χ4v) is 1.99. The van der Waals surface area contributed by atoms with Gasteiger partial charge in [0, 0.05) is 12.5 Å². The number of hydrogen-bond donors (Lipinski definition) is 0. The van der Waals surface area contributed by atoms with Gasteiger partial charge in [-0.25, -0.2) is 4.98 Å². The minimum Gasteiger partial charge on any atom is -0.481 e. The molecule has 4 nitrogen and oxygen atoms in total. The van der Waals surface area contributed by atoms with Crippen LogP contribution in [0.1, 0.15) is 33.3 Å². The van der Waals surface area contributed by atoms with Gasteiger partial charge in [0.1, 0.15) is 0 Å². The molecule has 2 heterocycles. The third-order valence-electron chi connectivity index (χ3n) is 3.89. The van der Waals surface area contributed by atoms with Gasteiger partial charge in [-0.05, 0) is 39.3 Å². The van der Waals surface area contributed by atoms with Gasteiger partial charge in [0.25, 0.3) is 0 Å². The van der Waals surface area contributed by atoms with Crippen LogP contribution in [0.5, 0.6) is 5.88 Å². The zero-order chi connectivity index (χ0) is 15.0. The third-order valence-corrected chi connectivity index (χ3v) is 3.89. The van der Waals surface area contributed by atoms with Gasteiger partial charge < -0.3 is 14.0 Å². The molecule has 0 aromatic carbocycles. The number of methoxy groups -OCH3 is 1. The van der Waals surface area contributed by atoms with Crippen molar-refractivity contribution in [3.8, 4) is 18.2 Å². The van der Waals surface area contributed by atoms with Crippen molar-refractivity contribution in [3.05, 3.63) is 17.7 Å². The summed E-state index contributed by atoms with van der Waals surface area (Å²) in [6.45, 7) is 8.04. The molecule has 106 valence electrons. The molecule has 1 aromatic rings. The SMILES string of the molecule is C#CCc1cc(OC)nc(B2OC(C)(C)C(C)(C)O2)c1. The molecular formula is C15H20BNO3. The van der Waals surface area contributed by atoms with Crippen molar-refractivity contribution < 1.29 is 14.0 Å². The van der Waals surface area contributed by atoms with Crippen LogP contribution in [0.2, 0.25) is 0 Å². The van der Waals surface area contributed by atoms with Crippen molar-refractivity contribution in [2.75, 3.05) is 7.11 Å². The Morgan fingerprint density at radius 3 is 2.35 bits per heavy atom. The Balaban J connectivity index is 2.34. The topological polar surface area (TPSA) is 40.6 Å². The highest BCUT2D eigenvalue weighted by molar-refractivity contribution is 6.61. The number of terminal acetylenes is 1. The monoisotopic (exact) mass is 273 g/mol. The van der Waals surface area contributed by atoms with Crippen LogP contribution in [0, 0.1) is 12.3 Å². The van der Waals surface area contributed by atoms with E-state index in [0.29, 0.717) is 17.9 Å². The van der Waals surface area contributed by atoms with E-state index in [0.717, 1.165) is 5.56 Å². The van der Waals surface area contributed by atoms with Gasteiger partial charge >= 0.3 is 7.12 Å². The van der Waals surface area contributed by atoms with Crippen molar-refractivity contribution in [1.82, 2.24) is 4.98 Å². The second-order valence-corrected chi connectivity index (χ2v) is 5.91. The van der Waals surface area contributed by atoms with Crippen LogP contribution in [-0.4, -0.2) is 30.4 Å². The molecule has 0 unspecified atom stereocenters. The Labute approximate surface area is 121 Å². The molecule has 0 atom stereocenters. The Morgan fingerprint density at radius 2 is 1.85 bits per heavy atom. The molecule has 20 heavy (non-hydrogen) atoms. The predicted molar refractivity (Wildman–Crippen MR) is 79.0 cm³/mol. The van der Waals surface area contributed by atoms with Gasteiger partial charge in [-0.3, -0.25) is 0 Å². The summed E-state index contributed by atoms with van der Waals surface area (Å²) >= 11 is 0. The number of rotatable bonds is 3. The highest BCUT2D eigenvalue weighted by atomic mass is 16.7. The van der Waals surface area contributed by atoms with Gasteiger partial charge in [-0.15, -0.1) is 12.3 Å². The normalized spacial score (nSPS) is 19.7. The summed E-state index contributed by atoms with van der Waals surface area (Å²) in [4.78, 5) is 4.41. The van der Waals surface area contributed by atoms with Gasteiger partial charge in [0.15, 0.2) is 0 Å². The fourth-order valence-electron chi connectivity index (χ4n) is 1.99. The summed E-state index contributed by atoms with van der Waals surface area (Å²) in [5.41, 5.74) is 0.862. The second-order valence-electron chi connectivity index (χ2n) is 5.91. The van der Waals surface area contributed by atoms with Gasteiger partial charge in [0.2, 0.25) is 5.88 Å². The maximum absolute atomic E-state index is 5.99. The minimum atomic E-state index is -0.508. The van der Waals surface area contributed by atoms with E-state index in [-0.39, 0.29) is 0 Å². The van der Waals surface area contributed by atoms with Crippen molar-refractivity contribution in [2.45, 2.75) is 45.3 Å². The Morgan fingerprint density at radius 1 is 1.25 bits per heavy atom. The lowest BCUT2D eigenvalue weighted by Gasteiger charge is -2.32. The lowest BCUT2D eigenvalue weighted by atomic mass is 9.83. The first kappa shape index (κ1) is 14.9. The van der Waals surface area contributed by atoms with Crippen LogP contribution in [0.4, 0.5) is 0 Å². The second kappa shape index (κ2) is 5.12. The number of pyridine rings is 1. The molecule has 2 rings (SSSR count). The smallest absolute Gasteiger partial charge is 0.481 e. The molecular weight excluding hydrogens is 253 g/mol. The summed E-state index contributed by atoms with van der Waals surface area (Å²) in [5.74, 6) is 3.14. The fraction of sp³-hybridized carbons (Fsp3) is 0.533. The summed E-state index contributed by atoms with van der Waals surface area (Å²) < 4.78 is 17.2. The lowest BCUT2D eigenvalue weighted by molar-refractivity contribution is 0.00578. The molecule has 0 N–H and O–H groups in total. The molecule has 0 saturated carbocycles. The zero-order valence-electron chi connectivity index (χ0n) is 12.7. The van der Waals surface area contributed by atoms with E-state index >= 15 is 0 Å². The lowest BCUT2D eigenvalue weighted by Crippen LogP contribution is -2.41. The molecule has 5 heteroatoms. The van der Waals surface area contributed by atoms with E-state index in [4.69, 9.17) is 20.5 Å². The van der Waals surface area contributed by atoms with Crippen molar-refractivity contribution in [1.29, 1.82) is 0 Å². The van der Waals surface area contributed by atoms with Crippen LogP contribution < -0.4 is 10.3 Å². The maximum atomic E-state index is 5.99. The Hall–Kier alpha value is -1.51. The molecule has 1 aliphatic heterocycles. The molecule has 0 bridgehead atoms. The van der Waals surface area contributed by atoms with Crippen LogP contribution in [0.25, 0.3) is 0 Å². The van der Waals surface area contributed by atoms with E-state index in [1.165, 1.54) is 0 Å². The minimum absolute atomic E-state index is 0.394. The highest BCUT2D eigenvalue weighted by Gasteiger charge is 2.52. The standard InChI is InChI=1S/C15H20BNO3/c1-7-8-11-9-12(17-13(10-11)18-6)16-19-14(2,3)15(4,5)20-16/h1,9-10H,8H2,2-6H3. The number of hydrogen-bond acceptors (Lipinski definition) is 4. The quantitative estimate of drug-likeness (QED) is 0.619. The summed E-state index contributed by atoms with van der Waals surface area (Å²) in [6, 6.07) is 3.74. The van der Waals surface area contributed by atoms with E-state index in [9.17, 15) is 0 Å². The number of nitrogens with zero attached hydrogens (tertiary/aromatic N) is 1. The molecule has 0 spiro atoms. The maximum Gasteiger partial charge on any atom is 0.514 e. The van der Waals surface area contributed by atoms with Gasteiger partial charge in [0.05, 0.1) is 23.9 Å². The van der Waals surface area contributed by atoms with E-state index in [1.54, 1.807) is 7.11 Å². The summed E-state index contributed by atoms with van der Waals surface area (Å²) in [6.07, 6.45) is 5.89. The van der Waals surface area contributed by atoms with Crippen LogP contribution >= 0.6 is 0 Å². The molecule has 0 amide bonds. The highest BCUT2D eigenvalue weighted by Crippen LogP contribution is 2.36. The summed E-state index contributed by atoms with van der Waals surface area (Å²) in [5, 5.41) is 0.